The van der Waals surface area contributed by atoms with Crippen molar-refractivity contribution in [3.05, 3.63) is 42.0 Å². The molecule has 0 saturated carbocycles. The van der Waals surface area contributed by atoms with Crippen molar-refractivity contribution in [2.24, 2.45) is 0 Å². The van der Waals surface area contributed by atoms with E-state index in [0.717, 1.165) is 5.56 Å². The highest BCUT2D eigenvalue weighted by Gasteiger charge is 2.30. The number of nitrogens with one attached hydrogen (secondary N) is 1. The number of benzene rings is 1. The summed E-state index contributed by atoms with van der Waals surface area (Å²) in [6, 6.07) is 9.02. The zero-order valence-corrected chi connectivity index (χ0v) is 13.9. The Morgan fingerprint density at radius 1 is 1.30 bits per heavy atom. The minimum Gasteiger partial charge on any atom is -0.375 e. The number of morpholine rings is 1. The molecular weight excluding hydrogens is 292 g/mol. The molecule has 124 valence electrons. The quantitative estimate of drug-likeness (QED) is 0.862. The standard InChI is InChI=1S/C18H24N2O3/c1-13-12-23-14(2)11-20(13)18(22)15(3)19-17(21)10-9-16-7-5-4-6-8-16/h4-10,13-15H,11-12H2,1-3H3,(H,19,21)/b10-9+/t13-,14+,15-/m0/s1. The van der Waals surface area contributed by atoms with Gasteiger partial charge in [-0.25, -0.2) is 0 Å². The Kier molecular flexibility index (Phi) is 5.93. The van der Waals surface area contributed by atoms with Crippen LogP contribution in [0, 0.1) is 0 Å². The summed E-state index contributed by atoms with van der Waals surface area (Å²) < 4.78 is 5.53. The van der Waals surface area contributed by atoms with Gasteiger partial charge in [-0.1, -0.05) is 30.3 Å². The molecule has 0 spiro atoms. The van der Waals surface area contributed by atoms with Crippen LogP contribution in [0.15, 0.2) is 36.4 Å². The van der Waals surface area contributed by atoms with Gasteiger partial charge in [0.2, 0.25) is 11.8 Å². The SMILES string of the molecule is C[C@@H]1CN(C(=O)[C@H](C)NC(=O)/C=C/c2ccccc2)[C@@H](C)CO1. The van der Waals surface area contributed by atoms with Crippen LogP contribution in [0.5, 0.6) is 0 Å². The molecule has 2 amide bonds. The van der Waals surface area contributed by atoms with Crippen LogP contribution >= 0.6 is 0 Å². The Morgan fingerprint density at radius 3 is 2.70 bits per heavy atom. The van der Waals surface area contributed by atoms with Crippen LogP contribution in [0.2, 0.25) is 0 Å². The predicted molar refractivity (Wildman–Crippen MR) is 89.7 cm³/mol. The van der Waals surface area contributed by atoms with E-state index < -0.39 is 6.04 Å². The van der Waals surface area contributed by atoms with Crippen molar-refractivity contribution in [2.75, 3.05) is 13.2 Å². The second-order valence-electron chi connectivity index (χ2n) is 5.96. The van der Waals surface area contributed by atoms with Gasteiger partial charge in [-0.3, -0.25) is 9.59 Å². The van der Waals surface area contributed by atoms with Gasteiger partial charge in [0.1, 0.15) is 6.04 Å². The summed E-state index contributed by atoms with van der Waals surface area (Å²) in [5.74, 6) is -0.349. The minimum absolute atomic E-state index is 0.0241. The van der Waals surface area contributed by atoms with Crippen LogP contribution in [-0.2, 0) is 14.3 Å². The number of ether oxygens (including phenoxy) is 1. The fourth-order valence-corrected chi connectivity index (χ4v) is 2.52. The average Bonchev–Trinajstić information content (AvgIpc) is 2.55. The highest BCUT2D eigenvalue weighted by Crippen LogP contribution is 2.12. The number of rotatable bonds is 4. The molecule has 0 bridgehead atoms. The van der Waals surface area contributed by atoms with Crippen LogP contribution < -0.4 is 5.32 Å². The second-order valence-corrected chi connectivity index (χ2v) is 5.96. The van der Waals surface area contributed by atoms with Crippen LogP contribution in [0.1, 0.15) is 26.3 Å². The maximum absolute atomic E-state index is 12.5. The lowest BCUT2D eigenvalue weighted by molar-refractivity contribution is -0.146. The third-order valence-electron chi connectivity index (χ3n) is 3.85. The molecular formula is C18H24N2O3. The maximum Gasteiger partial charge on any atom is 0.245 e. The fraction of sp³-hybridized carbons (Fsp3) is 0.444. The molecule has 1 aromatic rings. The summed E-state index contributed by atoms with van der Waals surface area (Å²) in [7, 11) is 0. The summed E-state index contributed by atoms with van der Waals surface area (Å²) in [5, 5.41) is 2.72. The Hall–Kier alpha value is -2.14. The van der Waals surface area contributed by atoms with Gasteiger partial charge < -0.3 is 15.0 Å². The van der Waals surface area contributed by atoms with E-state index in [1.54, 1.807) is 17.9 Å². The largest absolute Gasteiger partial charge is 0.375 e. The van der Waals surface area contributed by atoms with Crippen LogP contribution in [0.3, 0.4) is 0 Å². The highest BCUT2D eigenvalue weighted by molar-refractivity contribution is 5.95. The molecule has 0 aromatic heterocycles. The van der Waals surface area contributed by atoms with Crippen molar-refractivity contribution in [2.45, 2.75) is 39.0 Å². The Bertz CT molecular complexity index is 571. The smallest absolute Gasteiger partial charge is 0.245 e. The predicted octanol–water partition coefficient (Wildman–Crippen LogP) is 1.84. The van der Waals surface area contributed by atoms with Crippen molar-refractivity contribution in [1.29, 1.82) is 0 Å². The van der Waals surface area contributed by atoms with Crippen LogP contribution in [0.25, 0.3) is 6.08 Å². The van der Waals surface area contributed by atoms with Crippen LogP contribution in [-0.4, -0.2) is 48.1 Å². The van der Waals surface area contributed by atoms with E-state index in [1.165, 1.54) is 6.08 Å². The van der Waals surface area contributed by atoms with Crippen LogP contribution in [0.4, 0.5) is 0 Å². The summed E-state index contributed by atoms with van der Waals surface area (Å²) in [6.45, 7) is 6.69. The average molecular weight is 316 g/mol. The molecule has 1 N–H and O–H groups in total. The fourth-order valence-electron chi connectivity index (χ4n) is 2.52. The first-order valence-electron chi connectivity index (χ1n) is 7.93. The lowest BCUT2D eigenvalue weighted by atomic mass is 10.1. The molecule has 5 heteroatoms. The first-order valence-corrected chi connectivity index (χ1v) is 7.93. The number of hydrogen-bond acceptors (Lipinski definition) is 3. The molecule has 0 aliphatic carbocycles. The van der Waals surface area contributed by atoms with Gasteiger partial charge in [-0.15, -0.1) is 0 Å². The van der Waals surface area contributed by atoms with Gasteiger partial charge in [0.05, 0.1) is 18.8 Å². The Labute approximate surface area is 137 Å². The molecule has 1 fully saturated rings. The molecule has 1 aliphatic rings. The van der Waals surface area contributed by atoms with E-state index in [4.69, 9.17) is 4.74 Å². The third kappa shape index (κ3) is 4.93. The van der Waals surface area contributed by atoms with Crippen molar-refractivity contribution >= 4 is 17.9 Å². The summed E-state index contributed by atoms with van der Waals surface area (Å²) >= 11 is 0. The van der Waals surface area contributed by atoms with E-state index in [-0.39, 0.29) is 24.0 Å². The Balaban J connectivity index is 1.90. The molecule has 1 aliphatic heterocycles. The first-order chi connectivity index (χ1) is 11.0. The zero-order chi connectivity index (χ0) is 16.8. The molecule has 1 saturated heterocycles. The molecule has 3 atom stereocenters. The molecule has 1 heterocycles. The zero-order valence-electron chi connectivity index (χ0n) is 13.9. The van der Waals surface area contributed by atoms with E-state index in [2.05, 4.69) is 5.32 Å². The highest BCUT2D eigenvalue weighted by atomic mass is 16.5. The van der Waals surface area contributed by atoms with Gasteiger partial charge in [0, 0.05) is 12.6 Å². The van der Waals surface area contributed by atoms with E-state index >= 15 is 0 Å². The molecule has 2 rings (SSSR count). The monoisotopic (exact) mass is 316 g/mol. The lowest BCUT2D eigenvalue weighted by Crippen LogP contribution is -2.55. The van der Waals surface area contributed by atoms with Gasteiger partial charge >= 0.3 is 0 Å². The van der Waals surface area contributed by atoms with E-state index in [1.807, 2.05) is 44.2 Å². The maximum atomic E-state index is 12.5. The first kappa shape index (κ1) is 17.2. The topological polar surface area (TPSA) is 58.6 Å². The summed E-state index contributed by atoms with van der Waals surface area (Å²) in [5.41, 5.74) is 0.942. The van der Waals surface area contributed by atoms with Gasteiger partial charge in [0.15, 0.2) is 0 Å². The molecule has 0 unspecified atom stereocenters. The molecule has 1 aromatic carbocycles. The second kappa shape index (κ2) is 7.92. The van der Waals surface area contributed by atoms with Gasteiger partial charge in [0.25, 0.3) is 0 Å². The van der Waals surface area contributed by atoms with Crippen molar-refractivity contribution in [3.63, 3.8) is 0 Å². The third-order valence-corrected chi connectivity index (χ3v) is 3.85. The number of carbonyl (C=O) groups is 2. The molecule has 23 heavy (non-hydrogen) atoms. The number of nitrogens with zero attached hydrogens (tertiary/aromatic N) is 1. The van der Waals surface area contributed by atoms with Crippen molar-refractivity contribution in [3.8, 4) is 0 Å². The van der Waals surface area contributed by atoms with Gasteiger partial charge in [-0.05, 0) is 32.4 Å². The minimum atomic E-state index is -0.560. The molecule has 5 nitrogen and oxygen atoms in total. The van der Waals surface area contributed by atoms with E-state index in [0.29, 0.717) is 13.2 Å². The lowest BCUT2D eigenvalue weighted by Gasteiger charge is -2.38. The Morgan fingerprint density at radius 2 is 2.00 bits per heavy atom. The van der Waals surface area contributed by atoms with Gasteiger partial charge in [-0.2, -0.15) is 0 Å². The number of carbonyl (C=O) groups excluding carboxylic acids is 2. The normalized spacial score (nSPS) is 22.8. The van der Waals surface area contributed by atoms with E-state index in [9.17, 15) is 9.59 Å². The summed E-state index contributed by atoms with van der Waals surface area (Å²) in [6.07, 6.45) is 3.20. The number of amides is 2. The number of hydrogen-bond donors (Lipinski definition) is 1. The summed E-state index contributed by atoms with van der Waals surface area (Å²) in [4.78, 5) is 26.2. The van der Waals surface area contributed by atoms with Crippen molar-refractivity contribution in [1.82, 2.24) is 10.2 Å². The molecule has 0 radical (unpaired) electrons. The van der Waals surface area contributed by atoms with Crippen molar-refractivity contribution < 1.29 is 14.3 Å².